The maximum absolute atomic E-state index is 6.66. The summed E-state index contributed by atoms with van der Waals surface area (Å²) in [5, 5.41) is 3.86. The molecule has 0 unspecified atom stereocenters. The fourth-order valence-corrected chi connectivity index (χ4v) is 6.80. The summed E-state index contributed by atoms with van der Waals surface area (Å²) >= 11 is 0. The Labute approximate surface area is 186 Å². The van der Waals surface area contributed by atoms with Gasteiger partial charge in [-0.2, -0.15) is 0 Å². The van der Waals surface area contributed by atoms with E-state index in [1.54, 1.807) is 0 Å². The zero-order valence-electron chi connectivity index (χ0n) is 19.2. The van der Waals surface area contributed by atoms with E-state index in [4.69, 9.17) is 4.42 Å². The van der Waals surface area contributed by atoms with Crippen LogP contribution in [0.3, 0.4) is 0 Å². The predicted molar refractivity (Wildman–Crippen MR) is 137 cm³/mol. The molecule has 0 saturated heterocycles. The normalized spacial score (nSPS) is 15.6. The van der Waals surface area contributed by atoms with E-state index < -0.39 is 8.07 Å². The quantitative estimate of drug-likeness (QED) is 0.307. The van der Waals surface area contributed by atoms with Gasteiger partial charge in [-0.25, -0.2) is 0 Å². The fraction of sp³-hybridized carbons (Fsp3) is 0.357. The van der Waals surface area contributed by atoms with Crippen LogP contribution in [0.1, 0.15) is 43.6 Å². The number of fused-ring (bicyclic) bond motifs is 3. The maximum Gasteiger partial charge on any atom is 0.159 e. The molecule has 160 valence electrons. The van der Waals surface area contributed by atoms with Crippen LogP contribution in [0.4, 0.5) is 11.4 Å². The van der Waals surface area contributed by atoms with Gasteiger partial charge >= 0.3 is 0 Å². The molecule has 2 nitrogen and oxygen atoms in total. The van der Waals surface area contributed by atoms with Crippen molar-refractivity contribution in [3.8, 4) is 0 Å². The first-order valence-corrected chi connectivity index (χ1v) is 15.2. The third-order valence-electron chi connectivity index (χ3n) is 7.02. The van der Waals surface area contributed by atoms with Crippen molar-refractivity contribution in [3.05, 3.63) is 66.2 Å². The Hall–Kier alpha value is -2.52. The lowest BCUT2D eigenvalue weighted by atomic mass is 9.83. The number of para-hydroxylation sites is 3. The van der Waals surface area contributed by atoms with Crippen molar-refractivity contribution in [1.29, 1.82) is 0 Å². The molecule has 0 bridgehead atoms. The number of anilines is 2. The van der Waals surface area contributed by atoms with Crippen LogP contribution in [0.15, 0.2) is 65.1 Å². The minimum Gasteiger partial charge on any atom is -0.454 e. The molecule has 4 aromatic rings. The summed E-state index contributed by atoms with van der Waals surface area (Å²) in [6, 6.07) is 22.2. The summed E-state index contributed by atoms with van der Waals surface area (Å²) in [7, 11) is 0.689. The molecule has 0 aliphatic heterocycles. The average molecular weight is 428 g/mol. The van der Waals surface area contributed by atoms with Crippen LogP contribution in [0.2, 0.25) is 19.6 Å². The second kappa shape index (κ2) is 7.87. The van der Waals surface area contributed by atoms with Crippen LogP contribution in [0.25, 0.3) is 21.9 Å². The van der Waals surface area contributed by atoms with Crippen molar-refractivity contribution < 1.29 is 4.42 Å². The second-order valence-electron chi connectivity index (χ2n) is 10.1. The smallest absolute Gasteiger partial charge is 0.159 e. The molecule has 0 amide bonds. The Morgan fingerprint density at radius 3 is 2.13 bits per heavy atom. The Kier molecular flexibility index (Phi) is 5.17. The lowest BCUT2D eigenvalue weighted by Gasteiger charge is -2.29. The van der Waals surface area contributed by atoms with Crippen LogP contribution < -0.4 is 10.1 Å². The second-order valence-corrected chi connectivity index (χ2v) is 15.2. The third kappa shape index (κ3) is 3.59. The average Bonchev–Trinajstić information content (AvgIpc) is 3.17. The number of benzene rings is 3. The van der Waals surface area contributed by atoms with Gasteiger partial charge in [0.15, 0.2) is 5.58 Å². The van der Waals surface area contributed by atoms with E-state index >= 15 is 0 Å². The minimum atomic E-state index is -1.51. The fourth-order valence-electron chi connectivity index (χ4n) is 5.34. The predicted octanol–water partition coefficient (Wildman–Crippen LogP) is 7.95. The van der Waals surface area contributed by atoms with Crippen molar-refractivity contribution in [1.82, 2.24) is 0 Å². The first-order valence-electron chi connectivity index (χ1n) is 11.7. The highest BCUT2D eigenvalue weighted by Crippen LogP contribution is 2.42. The van der Waals surface area contributed by atoms with E-state index in [9.17, 15) is 0 Å². The number of nitrogens with zero attached hydrogens (tertiary/aromatic N) is 1. The van der Waals surface area contributed by atoms with E-state index in [0.717, 1.165) is 16.9 Å². The third-order valence-corrected chi connectivity index (χ3v) is 9.03. The number of hydrogen-bond donors (Lipinski definition) is 0. The van der Waals surface area contributed by atoms with Crippen LogP contribution in [-0.4, -0.2) is 15.1 Å². The molecule has 0 N–H and O–H groups in total. The lowest BCUT2D eigenvalue weighted by Crippen LogP contribution is -2.37. The van der Waals surface area contributed by atoms with Gasteiger partial charge in [0.05, 0.1) is 13.8 Å². The van der Waals surface area contributed by atoms with Gasteiger partial charge in [0.25, 0.3) is 0 Å². The molecule has 1 fully saturated rings. The van der Waals surface area contributed by atoms with Gasteiger partial charge in [-0.15, -0.1) is 0 Å². The van der Waals surface area contributed by atoms with Gasteiger partial charge in [0.2, 0.25) is 0 Å². The molecule has 1 aliphatic rings. The van der Waals surface area contributed by atoms with E-state index in [1.807, 2.05) is 0 Å². The monoisotopic (exact) mass is 427 g/mol. The molecule has 1 saturated carbocycles. The zero-order valence-corrected chi connectivity index (χ0v) is 20.2. The van der Waals surface area contributed by atoms with Crippen molar-refractivity contribution in [2.24, 2.45) is 0 Å². The molecule has 0 spiro atoms. The summed E-state index contributed by atoms with van der Waals surface area (Å²) in [6.07, 6.45) is 6.69. The Balaban J connectivity index is 1.66. The van der Waals surface area contributed by atoms with Gasteiger partial charge in [0.1, 0.15) is 5.58 Å². The largest absolute Gasteiger partial charge is 0.454 e. The summed E-state index contributed by atoms with van der Waals surface area (Å²) < 4.78 is 6.66. The summed E-state index contributed by atoms with van der Waals surface area (Å²) in [4.78, 5) is 2.35. The van der Waals surface area contributed by atoms with Crippen LogP contribution >= 0.6 is 0 Å². The van der Waals surface area contributed by atoms with Gasteiger partial charge in [-0.1, -0.05) is 87.4 Å². The van der Waals surface area contributed by atoms with Gasteiger partial charge in [-0.3, -0.25) is 0 Å². The first kappa shape index (κ1) is 20.4. The Bertz CT molecular complexity index is 1230. The van der Waals surface area contributed by atoms with Crippen LogP contribution in [-0.2, 0) is 0 Å². The number of rotatable bonds is 4. The van der Waals surface area contributed by atoms with Crippen molar-refractivity contribution in [2.75, 3.05) is 11.9 Å². The molecule has 0 atom stereocenters. The zero-order chi connectivity index (χ0) is 21.6. The molecule has 5 rings (SSSR count). The van der Waals surface area contributed by atoms with E-state index in [0.29, 0.717) is 5.92 Å². The van der Waals surface area contributed by atoms with E-state index in [1.165, 1.54) is 59.3 Å². The van der Waals surface area contributed by atoms with Crippen molar-refractivity contribution in [2.45, 2.75) is 57.7 Å². The molecule has 31 heavy (non-hydrogen) atoms. The highest BCUT2D eigenvalue weighted by molar-refractivity contribution is 6.90. The maximum atomic E-state index is 6.66. The van der Waals surface area contributed by atoms with Crippen LogP contribution in [0.5, 0.6) is 0 Å². The van der Waals surface area contributed by atoms with E-state index in [2.05, 4.69) is 92.3 Å². The minimum absolute atomic E-state index is 0.667. The Morgan fingerprint density at radius 2 is 1.39 bits per heavy atom. The van der Waals surface area contributed by atoms with Crippen molar-refractivity contribution in [3.63, 3.8) is 0 Å². The molecular weight excluding hydrogens is 394 g/mol. The highest BCUT2D eigenvalue weighted by atomic mass is 28.3. The van der Waals surface area contributed by atoms with Gasteiger partial charge in [0, 0.05) is 23.5 Å². The van der Waals surface area contributed by atoms with E-state index in [-0.39, 0.29) is 0 Å². The lowest BCUT2D eigenvalue weighted by molar-refractivity contribution is 0.444. The van der Waals surface area contributed by atoms with Gasteiger partial charge in [-0.05, 0) is 41.6 Å². The Morgan fingerprint density at radius 1 is 0.742 bits per heavy atom. The molecule has 1 aromatic heterocycles. The molecular formula is C28H33NOSi. The summed E-state index contributed by atoms with van der Waals surface area (Å²) in [6.45, 7) is 7.17. The van der Waals surface area contributed by atoms with Crippen molar-refractivity contribution >= 4 is 46.6 Å². The molecule has 1 heterocycles. The molecule has 3 heteroatoms. The highest BCUT2D eigenvalue weighted by Gasteiger charge is 2.25. The number of furan rings is 1. The topological polar surface area (TPSA) is 16.4 Å². The first-order chi connectivity index (χ1) is 14.9. The molecule has 3 aromatic carbocycles. The molecule has 1 aliphatic carbocycles. The SMILES string of the molecule is CN(c1ccccc1C1CCCCC1)c1cccc2c1oc1c([Si](C)(C)C)cccc12. The summed E-state index contributed by atoms with van der Waals surface area (Å²) in [5.74, 6) is 0.667. The van der Waals surface area contributed by atoms with Gasteiger partial charge < -0.3 is 9.32 Å². The van der Waals surface area contributed by atoms with Crippen LogP contribution in [0, 0.1) is 0 Å². The summed E-state index contributed by atoms with van der Waals surface area (Å²) in [5.41, 5.74) is 6.04. The number of hydrogen-bond acceptors (Lipinski definition) is 2. The standard InChI is InChI=1S/C28H33NOSi/c1-29(24-17-9-8-14-21(24)20-12-6-5-7-13-20)25-18-10-15-22-23-16-11-19-26(31(2,3)4)28(23)30-27(22)25/h8-11,14-20H,5-7,12-13H2,1-4H3. The molecule has 0 radical (unpaired) electrons.